The molecule has 2 heterocycles. The molecule has 2 aromatic heterocycles. The highest BCUT2D eigenvalue weighted by molar-refractivity contribution is 7.10. The highest BCUT2D eigenvalue weighted by atomic mass is 35.5. The van der Waals surface area contributed by atoms with Crippen LogP contribution in [0.5, 0.6) is 5.75 Å². The minimum Gasteiger partial charge on any atom is -0.493 e. The smallest absolute Gasteiger partial charge is 0.163 e. The molecule has 0 aromatic carbocycles. The lowest BCUT2D eigenvalue weighted by Gasteiger charge is -2.16. The second-order valence-electron chi connectivity index (χ2n) is 5.12. The first-order valence-corrected chi connectivity index (χ1v) is 7.87. The van der Waals surface area contributed by atoms with Crippen LogP contribution in [0.1, 0.15) is 22.2 Å². The lowest BCUT2D eigenvalue weighted by atomic mass is 10.2. The number of hydrogen-bond donors (Lipinski definition) is 1. The Labute approximate surface area is 133 Å². The second kappa shape index (κ2) is 6.79. The van der Waals surface area contributed by atoms with Crippen molar-refractivity contribution in [3.8, 4) is 5.75 Å². The summed E-state index contributed by atoms with van der Waals surface area (Å²) in [5, 5.41) is 17.6. The summed E-state index contributed by atoms with van der Waals surface area (Å²) in [5.41, 5.74) is 1.61. The van der Waals surface area contributed by atoms with Crippen molar-refractivity contribution in [3.63, 3.8) is 0 Å². The zero-order valence-corrected chi connectivity index (χ0v) is 14.2. The van der Waals surface area contributed by atoms with Crippen LogP contribution < -0.4 is 4.74 Å². The topological polar surface area (TPSA) is 50.5 Å². The van der Waals surface area contributed by atoms with Crippen LogP contribution in [0.25, 0.3) is 0 Å². The van der Waals surface area contributed by atoms with E-state index in [0.29, 0.717) is 23.0 Å². The van der Waals surface area contributed by atoms with Gasteiger partial charge in [-0.05, 0) is 32.0 Å². The van der Waals surface area contributed by atoms with Crippen LogP contribution in [0.2, 0.25) is 5.02 Å². The molecule has 5 nitrogen and oxygen atoms in total. The van der Waals surface area contributed by atoms with Crippen molar-refractivity contribution in [2.45, 2.75) is 19.6 Å². The van der Waals surface area contributed by atoms with Crippen LogP contribution in [-0.2, 0) is 6.54 Å². The maximum atomic E-state index is 10.7. The summed E-state index contributed by atoms with van der Waals surface area (Å²) >= 11 is 7.71. The number of aromatic nitrogens is 2. The monoisotopic (exact) mass is 329 g/mol. The van der Waals surface area contributed by atoms with Crippen molar-refractivity contribution < 1.29 is 9.84 Å². The maximum absolute atomic E-state index is 10.7. The first-order valence-electron chi connectivity index (χ1n) is 6.61. The predicted molar refractivity (Wildman–Crippen MR) is 85.5 cm³/mol. The third-order valence-electron chi connectivity index (χ3n) is 3.26. The Morgan fingerprint density at radius 3 is 2.76 bits per heavy atom. The summed E-state index contributed by atoms with van der Waals surface area (Å²) in [4.78, 5) is 2.78. The van der Waals surface area contributed by atoms with Crippen LogP contribution in [-0.4, -0.2) is 47.5 Å². The Hall–Kier alpha value is -1.08. The van der Waals surface area contributed by atoms with E-state index in [1.165, 1.54) is 11.3 Å². The molecule has 0 saturated carbocycles. The van der Waals surface area contributed by atoms with E-state index in [-0.39, 0.29) is 0 Å². The Morgan fingerprint density at radius 2 is 2.24 bits per heavy atom. The molecule has 0 fully saturated rings. The standard InChI is InChI=1S/C14H20ClN3O2S/c1-9-8-21-14(11(9)15)13(19)12-10(20-4)7-16-18(12)6-5-17(2)3/h7-8,13,19H,5-6H2,1-4H3. The largest absolute Gasteiger partial charge is 0.493 e. The molecular weight excluding hydrogens is 310 g/mol. The average molecular weight is 330 g/mol. The fraction of sp³-hybridized carbons (Fsp3) is 0.500. The molecule has 0 radical (unpaired) electrons. The molecule has 116 valence electrons. The summed E-state index contributed by atoms with van der Waals surface area (Å²) in [6.07, 6.45) is 0.790. The summed E-state index contributed by atoms with van der Waals surface area (Å²) in [5.74, 6) is 0.573. The number of methoxy groups -OCH3 is 1. The number of likely N-dealkylation sites (N-methyl/N-ethyl adjacent to an activating group) is 1. The second-order valence-corrected chi connectivity index (χ2v) is 6.41. The minimum absolute atomic E-state index is 0.573. The molecule has 1 atom stereocenters. The van der Waals surface area contributed by atoms with Gasteiger partial charge >= 0.3 is 0 Å². The summed E-state index contributed by atoms with van der Waals surface area (Å²) in [7, 11) is 5.57. The molecule has 21 heavy (non-hydrogen) atoms. The number of nitrogens with zero attached hydrogens (tertiary/aromatic N) is 3. The summed E-state index contributed by atoms with van der Waals surface area (Å²) in [6.45, 7) is 3.42. The average Bonchev–Trinajstić information content (AvgIpc) is 3.00. The van der Waals surface area contributed by atoms with Crippen molar-refractivity contribution in [2.24, 2.45) is 0 Å². The van der Waals surface area contributed by atoms with Crippen molar-refractivity contribution >= 4 is 22.9 Å². The number of aliphatic hydroxyl groups excluding tert-OH is 1. The van der Waals surface area contributed by atoms with Crippen molar-refractivity contribution in [1.29, 1.82) is 0 Å². The zero-order chi connectivity index (χ0) is 15.6. The van der Waals surface area contributed by atoms with E-state index in [0.717, 1.165) is 17.0 Å². The van der Waals surface area contributed by atoms with Gasteiger partial charge in [-0.25, -0.2) is 0 Å². The quantitative estimate of drug-likeness (QED) is 0.885. The number of thiophene rings is 1. The van der Waals surface area contributed by atoms with Crippen molar-refractivity contribution in [2.75, 3.05) is 27.7 Å². The van der Waals surface area contributed by atoms with Crippen LogP contribution in [0.15, 0.2) is 11.6 Å². The zero-order valence-electron chi connectivity index (χ0n) is 12.6. The molecule has 0 bridgehead atoms. The van der Waals surface area contributed by atoms with E-state index in [2.05, 4.69) is 10.00 Å². The third-order valence-corrected chi connectivity index (χ3v) is 5.02. The Bertz CT molecular complexity index is 609. The Kier molecular flexibility index (Phi) is 5.27. The molecule has 2 aromatic rings. The molecule has 1 unspecified atom stereocenters. The molecule has 1 N–H and O–H groups in total. The Morgan fingerprint density at radius 1 is 1.52 bits per heavy atom. The first kappa shape index (κ1) is 16.3. The predicted octanol–water partition coefficient (Wildman–Crippen LogP) is 2.56. The van der Waals surface area contributed by atoms with Crippen LogP contribution in [0, 0.1) is 6.92 Å². The molecule has 2 rings (SSSR count). The number of rotatable bonds is 6. The van der Waals surface area contributed by atoms with Gasteiger partial charge in [0.2, 0.25) is 0 Å². The molecule has 0 aliphatic heterocycles. The van der Waals surface area contributed by atoms with Gasteiger partial charge < -0.3 is 14.7 Å². The van der Waals surface area contributed by atoms with Gasteiger partial charge in [-0.15, -0.1) is 11.3 Å². The highest BCUT2D eigenvalue weighted by Gasteiger charge is 2.25. The SMILES string of the molecule is COc1cnn(CCN(C)C)c1C(O)c1scc(C)c1Cl. The van der Waals surface area contributed by atoms with E-state index in [1.54, 1.807) is 18.0 Å². The van der Waals surface area contributed by atoms with Gasteiger partial charge in [0.1, 0.15) is 11.8 Å². The third kappa shape index (κ3) is 3.40. The summed E-state index contributed by atoms with van der Waals surface area (Å²) in [6, 6.07) is 0. The van der Waals surface area contributed by atoms with Gasteiger partial charge in [0, 0.05) is 6.54 Å². The van der Waals surface area contributed by atoms with E-state index in [9.17, 15) is 5.11 Å². The van der Waals surface area contributed by atoms with Crippen molar-refractivity contribution in [3.05, 3.63) is 32.7 Å². The minimum atomic E-state index is -0.837. The number of ether oxygens (including phenoxy) is 1. The van der Waals surface area contributed by atoms with Gasteiger partial charge in [0.05, 0.1) is 29.8 Å². The molecule has 0 aliphatic rings. The summed E-state index contributed by atoms with van der Waals surface area (Å²) < 4.78 is 7.10. The fourth-order valence-electron chi connectivity index (χ4n) is 2.04. The lowest BCUT2D eigenvalue weighted by Crippen LogP contribution is -2.21. The molecule has 0 aliphatic carbocycles. The number of halogens is 1. The molecule has 0 spiro atoms. The maximum Gasteiger partial charge on any atom is 0.163 e. The van der Waals surface area contributed by atoms with E-state index in [1.807, 2.05) is 26.4 Å². The number of aryl methyl sites for hydroxylation is 1. The first-order chi connectivity index (χ1) is 9.95. The van der Waals surface area contributed by atoms with E-state index >= 15 is 0 Å². The van der Waals surface area contributed by atoms with Crippen LogP contribution in [0.4, 0.5) is 0 Å². The van der Waals surface area contributed by atoms with Gasteiger partial charge in [-0.2, -0.15) is 5.10 Å². The number of hydrogen-bond acceptors (Lipinski definition) is 5. The normalized spacial score (nSPS) is 12.9. The van der Waals surface area contributed by atoms with E-state index in [4.69, 9.17) is 16.3 Å². The highest BCUT2D eigenvalue weighted by Crippen LogP contribution is 2.38. The van der Waals surface area contributed by atoms with Crippen LogP contribution in [0.3, 0.4) is 0 Å². The Balaban J connectivity index is 2.36. The molecule has 0 amide bonds. The van der Waals surface area contributed by atoms with Crippen LogP contribution >= 0.6 is 22.9 Å². The van der Waals surface area contributed by atoms with Gasteiger partial charge in [-0.1, -0.05) is 11.6 Å². The van der Waals surface area contributed by atoms with Crippen molar-refractivity contribution in [1.82, 2.24) is 14.7 Å². The molecular formula is C14H20ClN3O2S. The number of aliphatic hydroxyl groups is 1. The lowest BCUT2D eigenvalue weighted by molar-refractivity contribution is 0.204. The van der Waals surface area contributed by atoms with E-state index < -0.39 is 6.10 Å². The van der Waals surface area contributed by atoms with Gasteiger partial charge in [-0.3, -0.25) is 4.68 Å². The van der Waals surface area contributed by atoms with Gasteiger partial charge in [0.15, 0.2) is 5.75 Å². The van der Waals surface area contributed by atoms with Gasteiger partial charge in [0.25, 0.3) is 0 Å². The fourth-order valence-corrected chi connectivity index (χ4v) is 3.32. The molecule has 7 heteroatoms. The molecule has 0 saturated heterocycles.